The zero-order valence-electron chi connectivity index (χ0n) is 5.28. The van der Waals surface area contributed by atoms with Crippen LogP contribution in [0.2, 0.25) is 0 Å². The van der Waals surface area contributed by atoms with Crippen LogP contribution in [0.15, 0.2) is 0 Å². The van der Waals surface area contributed by atoms with E-state index in [4.69, 9.17) is 16.3 Å². The highest BCUT2D eigenvalue weighted by Crippen LogP contribution is 2.44. The van der Waals surface area contributed by atoms with Crippen molar-refractivity contribution in [3.05, 3.63) is 0 Å². The van der Waals surface area contributed by atoms with Gasteiger partial charge in [0.05, 0.1) is 0 Å². The molecule has 2 heteroatoms. The Balaban J connectivity index is 2.39. The van der Waals surface area contributed by atoms with Gasteiger partial charge in [-0.15, -0.1) is 0 Å². The highest BCUT2D eigenvalue weighted by molar-refractivity contribution is 6.22. The zero-order chi connectivity index (χ0) is 6.20. The van der Waals surface area contributed by atoms with Gasteiger partial charge in [0.25, 0.3) is 0 Å². The molecule has 8 heavy (non-hydrogen) atoms. The lowest BCUT2D eigenvalue weighted by Gasteiger charge is -2.01. The molecule has 0 spiro atoms. The van der Waals surface area contributed by atoms with E-state index in [2.05, 4.69) is 13.8 Å². The van der Waals surface area contributed by atoms with Crippen LogP contribution in [-0.2, 0) is 4.74 Å². The topological polar surface area (TPSA) is 12.5 Å². The minimum Gasteiger partial charge on any atom is -0.349 e. The summed E-state index contributed by atoms with van der Waals surface area (Å²) in [5, 5.41) is 0. The second kappa shape index (κ2) is 1.89. The van der Waals surface area contributed by atoms with Crippen molar-refractivity contribution >= 4 is 11.6 Å². The number of halogens is 1. The molecule has 1 nitrogen and oxygen atoms in total. The fraction of sp³-hybridized carbons (Fsp3) is 1.00. The Bertz CT molecular complexity index is 83.0. The predicted octanol–water partition coefficient (Wildman–Crippen LogP) is 2.14. The zero-order valence-corrected chi connectivity index (χ0v) is 6.03. The van der Waals surface area contributed by atoms with Crippen LogP contribution < -0.4 is 0 Å². The van der Waals surface area contributed by atoms with Gasteiger partial charge in [-0.25, -0.2) is 0 Å². The van der Waals surface area contributed by atoms with Gasteiger partial charge in [-0.2, -0.15) is 0 Å². The maximum absolute atomic E-state index is 5.69. The Morgan fingerprint density at radius 3 is 1.88 bits per heavy atom. The molecule has 0 bridgehead atoms. The summed E-state index contributed by atoms with van der Waals surface area (Å²) >= 11 is 5.69. The third-order valence-corrected chi connectivity index (χ3v) is 2.38. The van der Waals surface area contributed by atoms with Gasteiger partial charge in [-0.3, -0.25) is 0 Å². The number of hydrogen-bond donors (Lipinski definition) is 0. The molecular weight excluding hydrogens is 124 g/mol. The van der Waals surface area contributed by atoms with Crippen LogP contribution in [0, 0.1) is 0 Å². The third kappa shape index (κ3) is 0.741. The average Bonchev–Trinajstić information content (AvgIpc) is 2.43. The quantitative estimate of drug-likeness (QED) is 0.417. The molecule has 1 heterocycles. The van der Waals surface area contributed by atoms with Crippen LogP contribution in [-0.4, -0.2) is 11.2 Å². The van der Waals surface area contributed by atoms with E-state index in [1.54, 1.807) is 0 Å². The molecule has 1 aliphatic rings. The van der Waals surface area contributed by atoms with Gasteiger partial charge in [0.2, 0.25) is 0 Å². The molecule has 1 atom stereocenters. The molecule has 0 N–H and O–H groups in total. The van der Waals surface area contributed by atoms with Crippen LogP contribution in [0.25, 0.3) is 0 Å². The van der Waals surface area contributed by atoms with Gasteiger partial charge in [0.15, 0.2) is 5.56 Å². The number of rotatable bonds is 2. The minimum absolute atomic E-state index is 0.00231. The van der Waals surface area contributed by atoms with Crippen molar-refractivity contribution in [3.8, 4) is 0 Å². The molecule has 1 aliphatic heterocycles. The predicted molar refractivity (Wildman–Crippen MR) is 34.0 cm³/mol. The van der Waals surface area contributed by atoms with E-state index < -0.39 is 0 Å². The van der Waals surface area contributed by atoms with Gasteiger partial charge in [-0.05, 0) is 12.8 Å². The first-order valence-electron chi connectivity index (χ1n) is 3.07. The van der Waals surface area contributed by atoms with Crippen molar-refractivity contribution in [2.45, 2.75) is 37.9 Å². The summed E-state index contributed by atoms with van der Waals surface area (Å²) in [6, 6.07) is 0. The Labute approximate surface area is 55.0 Å². The Morgan fingerprint density at radius 1 is 1.50 bits per heavy atom. The summed E-state index contributed by atoms with van der Waals surface area (Å²) in [4.78, 5) is 0. The molecular formula is C6H11ClO. The second-order valence-corrected chi connectivity index (χ2v) is 2.60. The van der Waals surface area contributed by atoms with Crippen LogP contribution in [0.4, 0.5) is 0 Å². The summed E-state index contributed by atoms with van der Waals surface area (Å²) in [5.41, 5.74) is 0.0548. The van der Waals surface area contributed by atoms with Crippen molar-refractivity contribution in [1.82, 2.24) is 0 Å². The summed E-state index contributed by atoms with van der Waals surface area (Å²) in [5.74, 6) is 0. The van der Waals surface area contributed by atoms with E-state index in [0.29, 0.717) is 0 Å². The number of epoxide rings is 1. The molecule has 1 saturated heterocycles. The highest BCUT2D eigenvalue weighted by atomic mass is 35.5. The van der Waals surface area contributed by atoms with Crippen LogP contribution in [0.5, 0.6) is 0 Å². The third-order valence-electron chi connectivity index (χ3n) is 1.89. The summed E-state index contributed by atoms with van der Waals surface area (Å²) < 4.78 is 5.17. The molecule has 0 saturated carbocycles. The van der Waals surface area contributed by atoms with E-state index in [-0.39, 0.29) is 11.2 Å². The van der Waals surface area contributed by atoms with Gasteiger partial charge in [-0.1, -0.05) is 25.4 Å². The lowest BCUT2D eigenvalue weighted by atomic mass is 10.1. The van der Waals surface area contributed by atoms with Crippen molar-refractivity contribution in [1.29, 1.82) is 0 Å². The first-order chi connectivity index (χ1) is 3.75. The monoisotopic (exact) mass is 134 g/mol. The maximum Gasteiger partial charge on any atom is 0.160 e. The molecule has 48 valence electrons. The van der Waals surface area contributed by atoms with Crippen LogP contribution in [0.1, 0.15) is 26.7 Å². The standard InChI is InChI=1S/C6H11ClO/c1-3-6(4-2)5(7)8-6/h5H,3-4H2,1-2H3. The van der Waals surface area contributed by atoms with Gasteiger partial charge in [0, 0.05) is 0 Å². The second-order valence-electron chi connectivity index (χ2n) is 2.21. The van der Waals surface area contributed by atoms with E-state index in [0.717, 1.165) is 12.8 Å². The van der Waals surface area contributed by atoms with E-state index in [1.165, 1.54) is 0 Å². The van der Waals surface area contributed by atoms with E-state index in [9.17, 15) is 0 Å². The Hall–Kier alpha value is 0.250. The summed E-state index contributed by atoms with van der Waals surface area (Å²) in [6.45, 7) is 4.21. The normalized spacial score (nSPS) is 32.6. The molecule has 0 aromatic rings. The Kier molecular flexibility index (Phi) is 1.50. The molecule has 1 unspecified atom stereocenters. The lowest BCUT2D eigenvalue weighted by Crippen LogP contribution is -2.08. The van der Waals surface area contributed by atoms with Crippen molar-refractivity contribution in [3.63, 3.8) is 0 Å². The smallest absolute Gasteiger partial charge is 0.160 e. The molecule has 0 aliphatic carbocycles. The first kappa shape index (κ1) is 6.37. The van der Waals surface area contributed by atoms with Crippen molar-refractivity contribution < 1.29 is 4.74 Å². The van der Waals surface area contributed by atoms with Crippen LogP contribution in [0.3, 0.4) is 0 Å². The molecule has 0 radical (unpaired) electrons. The molecule has 0 amide bonds. The van der Waals surface area contributed by atoms with Crippen LogP contribution >= 0.6 is 11.6 Å². The fourth-order valence-electron chi connectivity index (χ4n) is 0.910. The summed E-state index contributed by atoms with van der Waals surface area (Å²) in [6.07, 6.45) is 2.08. The maximum atomic E-state index is 5.69. The SMILES string of the molecule is CCC1(CC)OC1Cl. The Morgan fingerprint density at radius 2 is 1.88 bits per heavy atom. The molecule has 0 aromatic carbocycles. The van der Waals surface area contributed by atoms with Crippen molar-refractivity contribution in [2.24, 2.45) is 0 Å². The molecule has 0 aromatic heterocycles. The molecule has 1 fully saturated rings. The number of ether oxygens (including phenoxy) is 1. The minimum atomic E-state index is -0.00231. The van der Waals surface area contributed by atoms with Gasteiger partial charge < -0.3 is 4.74 Å². The van der Waals surface area contributed by atoms with Crippen molar-refractivity contribution in [2.75, 3.05) is 0 Å². The average molecular weight is 135 g/mol. The lowest BCUT2D eigenvalue weighted by molar-refractivity contribution is 0.286. The number of alkyl halides is 1. The number of hydrogen-bond acceptors (Lipinski definition) is 1. The molecule has 1 rings (SSSR count). The first-order valence-corrected chi connectivity index (χ1v) is 3.50. The van der Waals surface area contributed by atoms with E-state index in [1.807, 2.05) is 0 Å². The van der Waals surface area contributed by atoms with Gasteiger partial charge in [0.1, 0.15) is 5.60 Å². The van der Waals surface area contributed by atoms with Gasteiger partial charge >= 0.3 is 0 Å². The largest absolute Gasteiger partial charge is 0.349 e. The fourth-order valence-corrected chi connectivity index (χ4v) is 1.40. The van der Waals surface area contributed by atoms with E-state index >= 15 is 0 Å². The highest BCUT2D eigenvalue weighted by Gasteiger charge is 2.52. The summed E-state index contributed by atoms with van der Waals surface area (Å²) in [7, 11) is 0.